The number of carbonyl (C=O) groups excluding carboxylic acids is 1. The fraction of sp³-hybridized carbons (Fsp3) is 0.176. The smallest absolute Gasteiger partial charge is 0.230 e. The van der Waals surface area contributed by atoms with E-state index in [9.17, 15) is 4.79 Å². The number of nitrogens with zero attached hydrogens (tertiary/aromatic N) is 4. The van der Waals surface area contributed by atoms with Crippen molar-refractivity contribution in [1.82, 2.24) is 25.1 Å². The first-order chi connectivity index (χ1) is 12.1. The van der Waals surface area contributed by atoms with Crippen LogP contribution < -0.4 is 5.32 Å². The molecule has 1 N–H and O–H groups in total. The molecule has 1 amide bonds. The Labute approximate surface area is 154 Å². The molecule has 0 aliphatic rings. The molecule has 0 saturated heterocycles. The lowest BCUT2D eigenvalue weighted by Crippen LogP contribution is -2.24. The van der Waals surface area contributed by atoms with E-state index in [1.165, 1.54) is 11.8 Å². The number of hydrogen-bond donors (Lipinski definition) is 1. The maximum atomic E-state index is 12.0. The van der Waals surface area contributed by atoms with Crippen molar-refractivity contribution in [3.05, 3.63) is 65.2 Å². The molecule has 2 aromatic heterocycles. The first-order valence-electron chi connectivity index (χ1n) is 7.59. The highest BCUT2D eigenvalue weighted by molar-refractivity contribution is 7.99. The van der Waals surface area contributed by atoms with Gasteiger partial charge < -0.3 is 5.32 Å². The minimum atomic E-state index is -0.0824. The molecular formula is C17H16ClN5OS. The summed E-state index contributed by atoms with van der Waals surface area (Å²) in [5, 5.41) is 12.5. The fourth-order valence-corrected chi connectivity index (χ4v) is 2.95. The zero-order valence-corrected chi connectivity index (χ0v) is 15.1. The van der Waals surface area contributed by atoms with E-state index in [1.54, 1.807) is 17.0 Å². The first kappa shape index (κ1) is 17.4. The standard InChI is InChI=1S/C17H16ClN5OS/c1-12-9-23(11-20-12)15-6-7-17(22-21-15)25-10-16(24)19-8-13-4-2-3-5-14(13)18/h2-7,9,11H,8,10H2,1H3,(H,19,24). The van der Waals surface area contributed by atoms with Crippen molar-refractivity contribution in [1.29, 1.82) is 0 Å². The predicted octanol–water partition coefficient (Wildman–Crippen LogP) is 3.03. The maximum Gasteiger partial charge on any atom is 0.230 e. The summed E-state index contributed by atoms with van der Waals surface area (Å²) >= 11 is 7.40. The third-order valence-electron chi connectivity index (χ3n) is 3.39. The van der Waals surface area contributed by atoms with Crippen LogP contribution in [0, 0.1) is 6.92 Å². The summed E-state index contributed by atoms with van der Waals surface area (Å²) in [6.45, 7) is 2.32. The van der Waals surface area contributed by atoms with Crippen LogP contribution in [0.1, 0.15) is 11.3 Å². The Hall–Kier alpha value is -2.38. The molecule has 6 nitrogen and oxygen atoms in total. The number of thioether (sulfide) groups is 1. The van der Waals surface area contributed by atoms with Crippen LogP contribution in [0.3, 0.4) is 0 Å². The van der Waals surface area contributed by atoms with Crippen LogP contribution in [0.4, 0.5) is 0 Å². The van der Waals surface area contributed by atoms with Crippen LogP contribution in [0.5, 0.6) is 0 Å². The van der Waals surface area contributed by atoms with Gasteiger partial charge in [0.05, 0.1) is 11.4 Å². The lowest BCUT2D eigenvalue weighted by atomic mass is 10.2. The highest BCUT2D eigenvalue weighted by atomic mass is 35.5. The molecule has 1 aromatic carbocycles. The molecule has 0 unspecified atom stereocenters. The minimum absolute atomic E-state index is 0.0824. The number of carbonyl (C=O) groups is 1. The Bertz CT molecular complexity index is 865. The molecule has 0 bridgehead atoms. The van der Waals surface area contributed by atoms with Crippen molar-refractivity contribution in [2.75, 3.05) is 5.75 Å². The second-order valence-electron chi connectivity index (χ2n) is 5.31. The summed E-state index contributed by atoms with van der Waals surface area (Å²) in [4.78, 5) is 16.1. The summed E-state index contributed by atoms with van der Waals surface area (Å²) in [5.41, 5.74) is 1.80. The van der Waals surface area contributed by atoms with Gasteiger partial charge in [-0.3, -0.25) is 9.36 Å². The molecule has 0 fully saturated rings. The number of hydrogen-bond acceptors (Lipinski definition) is 5. The minimum Gasteiger partial charge on any atom is -0.351 e. The van der Waals surface area contributed by atoms with Gasteiger partial charge in [0, 0.05) is 17.8 Å². The highest BCUT2D eigenvalue weighted by Crippen LogP contribution is 2.16. The lowest BCUT2D eigenvalue weighted by molar-refractivity contribution is -0.118. The van der Waals surface area contributed by atoms with Crippen LogP contribution in [-0.4, -0.2) is 31.4 Å². The highest BCUT2D eigenvalue weighted by Gasteiger charge is 2.07. The SMILES string of the molecule is Cc1cn(-c2ccc(SCC(=O)NCc3ccccc3Cl)nn2)cn1. The molecule has 0 aliphatic heterocycles. The number of rotatable bonds is 6. The van der Waals surface area contributed by atoms with E-state index in [0.717, 1.165) is 11.3 Å². The second-order valence-corrected chi connectivity index (χ2v) is 6.71. The maximum absolute atomic E-state index is 12.0. The van der Waals surface area contributed by atoms with E-state index in [2.05, 4.69) is 20.5 Å². The van der Waals surface area contributed by atoms with Crippen LogP contribution >= 0.6 is 23.4 Å². The molecule has 8 heteroatoms. The van der Waals surface area contributed by atoms with Gasteiger partial charge in [0.2, 0.25) is 5.91 Å². The van der Waals surface area contributed by atoms with Crippen molar-refractivity contribution in [3.8, 4) is 5.82 Å². The first-order valence-corrected chi connectivity index (χ1v) is 8.96. The van der Waals surface area contributed by atoms with Gasteiger partial charge in [-0.1, -0.05) is 41.6 Å². The van der Waals surface area contributed by atoms with Gasteiger partial charge in [0.1, 0.15) is 11.4 Å². The van der Waals surface area contributed by atoms with Crippen molar-refractivity contribution in [2.24, 2.45) is 0 Å². The molecule has 0 spiro atoms. The molecule has 0 aliphatic carbocycles. The Morgan fingerprint density at radius 3 is 2.76 bits per heavy atom. The molecule has 2 heterocycles. The van der Waals surface area contributed by atoms with E-state index in [4.69, 9.17) is 11.6 Å². The Kier molecular flexibility index (Phi) is 5.67. The zero-order valence-electron chi connectivity index (χ0n) is 13.5. The van der Waals surface area contributed by atoms with Crippen LogP contribution in [0.2, 0.25) is 5.02 Å². The van der Waals surface area contributed by atoms with Crippen LogP contribution in [0.25, 0.3) is 5.82 Å². The molecule has 3 aromatic rings. The van der Waals surface area contributed by atoms with Gasteiger partial charge in [-0.2, -0.15) is 0 Å². The van der Waals surface area contributed by atoms with Crippen molar-refractivity contribution in [2.45, 2.75) is 18.5 Å². The van der Waals surface area contributed by atoms with Gasteiger partial charge in [0.15, 0.2) is 5.82 Å². The Balaban J connectivity index is 1.49. The fourth-order valence-electron chi connectivity index (χ4n) is 2.10. The largest absolute Gasteiger partial charge is 0.351 e. The van der Waals surface area contributed by atoms with E-state index in [0.29, 0.717) is 22.4 Å². The van der Waals surface area contributed by atoms with Crippen molar-refractivity contribution < 1.29 is 4.79 Å². The third-order valence-corrected chi connectivity index (χ3v) is 4.68. The van der Waals surface area contributed by atoms with Crippen LogP contribution in [-0.2, 0) is 11.3 Å². The number of benzene rings is 1. The molecule has 0 radical (unpaired) electrons. The number of aromatic nitrogens is 4. The van der Waals surface area contributed by atoms with Gasteiger partial charge in [-0.25, -0.2) is 4.98 Å². The van der Waals surface area contributed by atoms with Gasteiger partial charge >= 0.3 is 0 Å². The molecular weight excluding hydrogens is 358 g/mol. The molecule has 3 rings (SSSR count). The van der Waals surface area contributed by atoms with Crippen LogP contribution in [0.15, 0.2) is 53.9 Å². The normalized spacial score (nSPS) is 10.6. The quantitative estimate of drug-likeness (QED) is 0.672. The molecule has 25 heavy (non-hydrogen) atoms. The molecule has 0 saturated carbocycles. The number of imidazole rings is 1. The number of amides is 1. The second kappa shape index (κ2) is 8.13. The molecule has 128 valence electrons. The predicted molar refractivity (Wildman–Crippen MR) is 97.9 cm³/mol. The number of nitrogens with one attached hydrogen (secondary N) is 1. The van der Waals surface area contributed by atoms with E-state index >= 15 is 0 Å². The third kappa shape index (κ3) is 4.80. The Morgan fingerprint density at radius 1 is 1.24 bits per heavy atom. The summed E-state index contributed by atoms with van der Waals surface area (Å²) in [6.07, 6.45) is 3.56. The monoisotopic (exact) mass is 373 g/mol. The molecule has 0 atom stereocenters. The Morgan fingerprint density at radius 2 is 2.08 bits per heavy atom. The average molecular weight is 374 g/mol. The number of aryl methyl sites for hydroxylation is 1. The topological polar surface area (TPSA) is 72.7 Å². The van der Waals surface area contributed by atoms with Gasteiger partial charge in [-0.15, -0.1) is 10.2 Å². The van der Waals surface area contributed by atoms with Gasteiger partial charge in [-0.05, 0) is 30.7 Å². The summed E-state index contributed by atoms with van der Waals surface area (Å²) in [7, 11) is 0. The lowest BCUT2D eigenvalue weighted by Gasteiger charge is -2.06. The number of halogens is 1. The van der Waals surface area contributed by atoms with Crippen molar-refractivity contribution >= 4 is 29.3 Å². The van der Waals surface area contributed by atoms with Gasteiger partial charge in [0.25, 0.3) is 0 Å². The van der Waals surface area contributed by atoms with E-state index < -0.39 is 0 Å². The summed E-state index contributed by atoms with van der Waals surface area (Å²) in [6, 6.07) is 11.1. The average Bonchev–Trinajstić information content (AvgIpc) is 3.06. The zero-order chi connectivity index (χ0) is 17.6. The van der Waals surface area contributed by atoms with Crippen molar-refractivity contribution in [3.63, 3.8) is 0 Å². The summed E-state index contributed by atoms with van der Waals surface area (Å²) in [5.74, 6) is 0.872. The summed E-state index contributed by atoms with van der Waals surface area (Å²) < 4.78 is 1.80. The van der Waals surface area contributed by atoms with E-state index in [1.807, 2.05) is 43.5 Å². The van der Waals surface area contributed by atoms with E-state index in [-0.39, 0.29) is 11.7 Å².